The minimum atomic E-state index is -4.75. The molecule has 2 aromatic carbocycles. The summed E-state index contributed by atoms with van der Waals surface area (Å²) in [4.78, 5) is 39.1. The second-order valence-electron chi connectivity index (χ2n) is 8.38. The first-order valence-corrected chi connectivity index (χ1v) is 12.2. The van der Waals surface area contributed by atoms with Crippen molar-refractivity contribution in [3.8, 4) is 5.69 Å². The minimum absolute atomic E-state index is 0.0116. The summed E-state index contributed by atoms with van der Waals surface area (Å²) in [6.07, 6.45) is -4.75. The van der Waals surface area contributed by atoms with Gasteiger partial charge in [0.1, 0.15) is 5.00 Å². The number of amides is 1. The first kappa shape index (κ1) is 26.1. The number of nitrogens with zero attached hydrogens (tertiary/aromatic N) is 2. The van der Waals surface area contributed by atoms with Gasteiger partial charge in [0.05, 0.1) is 28.8 Å². The van der Waals surface area contributed by atoms with Gasteiger partial charge in [-0.15, -0.1) is 11.3 Å². The third-order valence-electron chi connectivity index (χ3n) is 5.63. The Labute approximate surface area is 213 Å². The van der Waals surface area contributed by atoms with E-state index in [0.29, 0.717) is 5.69 Å². The van der Waals surface area contributed by atoms with E-state index in [0.717, 1.165) is 33.7 Å². The smallest absolute Gasteiger partial charge is 0.417 e. The Morgan fingerprint density at radius 1 is 1.11 bits per heavy atom. The van der Waals surface area contributed by atoms with Crippen LogP contribution in [0.2, 0.25) is 0 Å². The largest absolute Gasteiger partial charge is 0.461 e. The quantitative estimate of drug-likeness (QED) is 0.309. The van der Waals surface area contributed by atoms with E-state index < -0.39 is 34.7 Å². The number of fused-ring (bicyclic) bond motifs is 1. The second-order valence-corrected chi connectivity index (χ2v) is 9.26. The van der Waals surface area contributed by atoms with E-state index in [1.165, 1.54) is 17.5 Å². The number of anilines is 1. The van der Waals surface area contributed by atoms with E-state index in [1.54, 1.807) is 19.1 Å². The number of hydrogen-bond donors (Lipinski definition) is 1. The third-order valence-corrected chi connectivity index (χ3v) is 6.53. The van der Waals surface area contributed by atoms with Crippen LogP contribution < -0.4 is 10.9 Å². The van der Waals surface area contributed by atoms with E-state index in [1.807, 2.05) is 26.0 Å². The highest BCUT2D eigenvalue weighted by molar-refractivity contribution is 7.16. The van der Waals surface area contributed by atoms with Crippen molar-refractivity contribution in [3.63, 3.8) is 0 Å². The zero-order chi connectivity index (χ0) is 26.9. The van der Waals surface area contributed by atoms with Crippen LogP contribution in [0, 0.1) is 0 Å². The van der Waals surface area contributed by atoms with Crippen molar-refractivity contribution in [3.05, 3.63) is 86.6 Å². The molecule has 4 aromatic rings. The SMILES string of the molecule is CCOC(=O)c1nn(-c2ccc(C(C)C)cc2)c(=O)c2c(NC(=O)c3ccccc3C(F)(F)F)scc12. The van der Waals surface area contributed by atoms with Gasteiger partial charge in [0.15, 0.2) is 5.69 Å². The summed E-state index contributed by atoms with van der Waals surface area (Å²) in [5.74, 6) is -1.58. The number of esters is 1. The summed E-state index contributed by atoms with van der Waals surface area (Å²) in [5.41, 5.74) is -1.12. The van der Waals surface area contributed by atoms with E-state index in [4.69, 9.17) is 4.74 Å². The average Bonchev–Trinajstić information content (AvgIpc) is 3.28. The molecule has 192 valence electrons. The molecule has 2 heterocycles. The number of rotatable bonds is 6. The first-order valence-electron chi connectivity index (χ1n) is 11.3. The number of hydrogen-bond acceptors (Lipinski definition) is 6. The molecule has 11 heteroatoms. The van der Waals surface area contributed by atoms with Gasteiger partial charge in [0.25, 0.3) is 11.5 Å². The lowest BCUT2D eigenvalue weighted by Crippen LogP contribution is -2.26. The summed E-state index contributed by atoms with van der Waals surface area (Å²) in [7, 11) is 0. The number of aromatic nitrogens is 2. The van der Waals surface area contributed by atoms with Gasteiger partial charge >= 0.3 is 12.1 Å². The molecule has 0 spiro atoms. The molecule has 0 bridgehead atoms. The van der Waals surface area contributed by atoms with Crippen molar-refractivity contribution >= 4 is 39.0 Å². The van der Waals surface area contributed by atoms with Crippen molar-refractivity contribution in [2.45, 2.75) is 32.9 Å². The number of carbonyl (C=O) groups is 2. The Morgan fingerprint density at radius 2 is 1.78 bits per heavy atom. The molecular weight excluding hydrogens is 507 g/mol. The molecule has 7 nitrogen and oxygen atoms in total. The molecule has 0 atom stereocenters. The fraction of sp³-hybridized carbons (Fsp3) is 0.231. The lowest BCUT2D eigenvalue weighted by Gasteiger charge is -2.13. The first-order chi connectivity index (χ1) is 17.5. The fourth-order valence-electron chi connectivity index (χ4n) is 3.77. The highest BCUT2D eigenvalue weighted by atomic mass is 32.1. The molecule has 0 saturated carbocycles. The van der Waals surface area contributed by atoms with Crippen molar-refractivity contribution in [1.29, 1.82) is 0 Å². The molecule has 0 aliphatic carbocycles. The normalized spacial score (nSPS) is 11.6. The summed E-state index contributed by atoms with van der Waals surface area (Å²) < 4.78 is 46.5. The number of benzene rings is 2. The number of nitrogens with one attached hydrogen (secondary N) is 1. The highest BCUT2D eigenvalue weighted by Gasteiger charge is 2.35. The van der Waals surface area contributed by atoms with Gasteiger partial charge in [0, 0.05) is 10.8 Å². The predicted octanol–water partition coefficient (Wildman–Crippen LogP) is 6.02. The summed E-state index contributed by atoms with van der Waals surface area (Å²) in [5, 5.41) is 8.15. The molecule has 0 aliphatic heterocycles. The lowest BCUT2D eigenvalue weighted by molar-refractivity contribution is -0.137. The topological polar surface area (TPSA) is 90.3 Å². The zero-order valence-electron chi connectivity index (χ0n) is 20.1. The van der Waals surface area contributed by atoms with Crippen LogP contribution in [0.4, 0.5) is 18.2 Å². The Balaban J connectivity index is 1.87. The average molecular weight is 530 g/mol. The molecule has 37 heavy (non-hydrogen) atoms. The van der Waals surface area contributed by atoms with Crippen molar-refractivity contribution < 1.29 is 27.5 Å². The number of alkyl halides is 3. The Morgan fingerprint density at radius 3 is 2.41 bits per heavy atom. The van der Waals surface area contributed by atoms with E-state index in [-0.39, 0.29) is 34.0 Å². The van der Waals surface area contributed by atoms with Crippen LogP contribution in [-0.4, -0.2) is 28.3 Å². The molecule has 2 aromatic heterocycles. The van der Waals surface area contributed by atoms with Gasteiger partial charge < -0.3 is 10.1 Å². The standard InChI is InChI=1S/C26H22F3N3O4S/c1-4-36-25(35)21-18-13-37-23(30-22(33)17-7-5-6-8-19(17)26(27,28)29)20(18)24(34)32(31-21)16-11-9-15(10-12-16)14(2)3/h5-14H,4H2,1-3H3,(H,30,33). The number of carbonyl (C=O) groups excluding carboxylic acids is 2. The summed E-state index contributed by atoms with van der Waals surface area (Å²) in [6.45, 7) is 5.71. The van der Waals surface area contributed by atoms with Crippen LogP contribution in [0.25, 0.3) is 16.5 Å². The lowest BCUT2D eigenvalue weighted by atomic mass is 10.0. The molecular formula is C26H22F3N3O4S. The van der Waals surface area contributed by atoms with Crippen molar-refractivity contribution in [1.82, 2.24) is 9.78 Å². The molecule has 0 unspecified atom stereocenters. The monoisotopic (exact) mass is 529 g/mol. The third kappa shape index (κ3) is 5.12. The van der Waals surface area contributed by atoms with Gasteiger partial charge in [-0.3, -0.25) is 9.59 Å². The maximum atomic E-state index is 13.5. The molecule has 0 radical (unpaired) electrons. The zero-order valence-corrected chi connectivity index (χ0v) is 20.9. The van der Waals surface area contributed by atoms with Gasteiger partial charge in [-0.2, -0.15) is 23.0 Å². The van der Waals surface area contributed by atoms with Gasteiger partial charge in [0.2, 0.25) is 0 Å². The molecule has 1 N–H and O–H groups in total. The van der Waals surface area contributed by atoms with Crippen LogP contribution in [0.1, 0.15) is 58.7 Å². The van der Waals surface area contributed by atoms with Crippen molar-refractivity contribution in [2.24, 2.45) is 0 Å². The van der Waals surface area contributed by atoms with Gasteiger partial charge in [-0.25, -0.2) is 4.79 Å². The van der Waals surface area contributed by atoms with E-state index >= 15 is 0 Å². The van der Waals surface area contributed by atoms with E-state index in [2.05, 4.69) is 10.4 Å². The van der Waals surface area contributed by atoms with Crippen LogP contribution in [0.15, 0.2) is 58.7 Å². The number of halogens is 3. The predicted molar refractivity (Wildman–Crippen MR) is 135 cm³/mol. The maximum absolute atomic E-state index is 13.5. The summed E-state index contributed by atoms with van der Waals surface area (Å²) in [6, 6.07) is 11.4. The van der Waals surface area contributed by atoms with E-state index in [9.17, 15) is 27.6 Å². The minimum Gasteiger partial charge on any atom is -0.461 e. The Bertz CT molecular complexity index is 1540. The molecule has 1 amide bonds. The Kier molecular flexibility index (Phi) is 7.17. The van der Waals surface area contributed by atoms with Gasteiger partial charge in [-0.05, 0) is 42.7 Å². The second kappa shape index (κ2) is 10.2. The number of thiophene rings is 1. The van der Waals surface area contributed by atoms with Crippen molar-refractivity contribution in [2.75, 3.05) is 11.9 Å². The molecule has 0 aliphatic rings. The molecule has 4 rings (SSSR count). The van der Waals surface area contributed by atoms with Crippen LogP contribution in [0.5, 0.6) is 0 Å². The van der Waals surface area contributed by atoms with Crippen LogP contribution in [0.3, 0.4) is 0 Å². The number of ether oxygens (including phenoxy) is 1. The maximum Gasteiger partial charge on any atom is 0.417 e. The van der Waals surface area contributed by atoms with Crippen LogP contribution >= 0.6 is 11.3 Å². The van der Waals surface area contributed by atoms with Gasteiger partial charge in [-0.1, -0.05) is 38.1 Å². The van der Waals surface area contributed by atoms with Crippen LogP contribution in [-0.2, 0) is 10.9 Å². The molecule has 0 saturated heterocycles. The summed E-state index contributed by atoms with van der Waals surface area (Å²) >= 11 is 0.899. The molecule has 0 fully saturated rings. The fourth-order valence-corrected chi connectivity index (χ4v) is 4.70. The Hall–Kier alpha value is -3.99. The highest BCUT2D eigenvalue weighted by Crippen LogP contribution is 2.34.